The highest BCUT2D eigenvalue weighted by Crippen LogP contribution is 2.43. The number of rotatable bonds is 2. The van der Waals surface area contributed by atoms with Crippen molar-refractivity contribution in [2.45, 2.75) is 25.2 Å². The van der Waals surface area contributed by atoms with E-state index in [-0.39, 0.29) is 0 Å². The van der Waals surface area contributed by atoms with Gasteiger partial charge in [-0.25, -0.2) is 0 Å². The van der Waals surface area contributed by atoms with E-state index in [0.29, 0.717) is 5.92 Å². The second-order valence-electron chi connectivity index (χ2n) is 8.16. The quantitative estimate of drug-likeness (QED) is 0.308. The Morgan fingerprint density at radius 1 is 0.667 bits per heavy atom. The molecule has 0 bridgehead atoms. The van der Waals surface area contributed by atoms with Crippen LogP contribution in [0.25, 0.3) is 32.8 Å². The van der Waals surface area contributed by atoms with Crippen LogP contribution in [0, 0.1) is 0 Å². The molecule has 1 atom stereocenters. The summed E-state index contributed by atoms with van der Waals surface area (Å²) in [4.78, 5) is 0. The van der Waals surface area contributed by atoms with Gasteiger partial charge in [0, 0.05) is 17.7 Å². The van der Waals surface area contributed by atoms with Crippen molar-refractivity contribution in [2.24, 2.45) is 0 Å². The molecule has 0 saturated heterocycles. The van der Waals surface area contributed by atoms with Gasteiger partial charge in [-0.1, -0.05) is 72.8 Å². The number of hydrogen-bond acceptors (Lipinski definition) is 2. The maximum Gasteiger partial charge on any atom is 0.0932 e. The molecule has 2 heteroatoms. The zero-order valence-corrected chi connectivity index (χ0v) is 16.8. The molecule has 1 aliphatic rings. The van der Waals surface area contributed by atoms with Crippen LogP contribution in [-0.4, -0.2) is 10.2 Å². The minimum atomic E-state index is 0.392. The first-order valence-corrected chi connectivity index (χ1v) is 10.7. The van der Waals surface area contributed by atoms with E-state index >= 15 is 0 Å². The topological polar surface area (TPSA) is 25.8 Å². The largest absolute Gasteiger partial charge is 0.159 e. The molecular formula is C28H22N2. The van der Waals surface area contributed by atoms with E-state index in [9.17, 15) is 0 Å². The van der Waals surface area contributed by atoms with E-state index in [1.807, 2.05) is 6.07 Å². The lowest BCUT2D eigenvalue weighted by Crippen LogP contribution is -2.12. The van der Waals surface area contributed by atoms with Crippen LogP contribution in [0.3, 0.4) is 0 Å². The Morgan fingerprint density at radius 3 is 2.47 bits per heavy atom. The minimum absolute atomic E-state index is 0.392. The molecule has 0 amide bonds. The van der Waals surface area contributed by atoms with Gasteiger partial charge >= 0.3 is 0 Å². The normalized spacial score (nSPS) is 15.9. The predicted molar refractivity (Wildman–Crippen MR) is 124 cm³/mol. The predicted octanol–water partition coefficient (Wildman–Crippen LogP) is 6.92. The summed E-state index contributed by atoms with van der Waals surface area (Å²) in [5, 5.41) is 13.9. The van der Waals surface area contributed by atoms with Gasteiger partial charge in [0.25, 0.3) is 0 Å². The average Bonchev–Trinajstić information content (AvgIpc) is 2.84. The summed E-state index contributed by atoms with van der Waals surface area (Å²) in [6.07, 6.45) is 5.26. The molecule has 0 N–H and O–H groups in total. The highest BCUT2D eigenvalue weighted by Gasteiger charge is 2.25. The summed E-state index contributed by atoms with van der Waals surface area (Å²) in [6.45, 7) is 0. The summed E-state index contributed by atoms with van der Waals surface area (Å²) in [5.74, 6) is 0.392. The van der Waals surface area contributed by atoms with Gasteiger partial charge in [-0.3, -0.25) is 0 Å². The van der Waals surface area contributed by atoms with Gasteiger partial charge in [-0.15, -0.1) is 0 Å². The van der Waals surface area contributed by atoms with Crippen molar-refractivity contribution >= 4 is 21.5 Å². The fourth-order valence-electron chi connectivity index (χ4n) is 5.21. The van der Waals surface area contributed by atoms with E-state index in [0.717, 1.165) is 12.1 Å². The molecule has 30 heavy (non-hydrogen) atoms. The molecule has 0 saturated carbocycles. The SMILES string of the molecule is c1cnnc(-c2ccccc2C2CCCc3c2ccc2c3ccc3ccccc32)c1. The molecule has 0 aliphatic heterocycles. The molecule has 6 rings (SSSR count). The zero-order chi connectivity index (χ0) is 19.9. The van der Waals surface area contributed by atoms with Crippen molar-refractivity contribution in [1.29, 1.82) is 0 Å². The van der Waals surface area contributed by atoms with E-state index in [2.05, 4.69) is 89.1 Å². The zero-order valence-electron chi connectivity index (χ0n) is 16.8. The van der Waals surface area contributed by atoms with Gasteiger partial charge in [0.1, 0.15) is 0 Å². The molecule has 5 aromatic rings. The average molecular weight is 386 g/mol. The second-order valence-corrected chi connectivity index (χ2v) is 8.16. The lowest BCUT2D eigenvalue weighted by atomic mass is 9.75. The van der Waals surface area contributed by atoms with E-state index < -0.39 is 0 Å². The molecule has 0 spiro atoms. The Bertz CT molecular complexity index is 1370. The van der Waals surface area contributed by atoms with Crippen LogP contribution in [-0.2, 0) is 6.42 Å². The first kappa shape index (κ1) is 17.3. The first-order valence-electron chi connectivity index (χ1n) is 10.7. The summed E-state index contributed by atoms with van der Waals surface area (Å²) in [6, 6.07) is 30.7. The molecule has 1 heterocycles. The Morgan fingerprint density at radius 2 is 1.53 bits per heavy atom. The number of benzene rings is 4. The summed E-state index contributed by atoms with van der Waals surface area (Å²) >= 11 is 0. The lowest BCUT2D eigenvalue weighted by molar-refractivity contribution is 0.620. The fourth-order valence-corrected chi connectivity index (χ4v) is 5.21. The maximum atomic E-state index is 4.39. The third kappa shape index (κ3) is 2.72. The highest BCUT2D eigenvalue weighted by molar-refractivity contribution is 6.08. The molecule has 1 aliphatic carbocycles. The van der Waals surface area contributed by atoms with Crippen LogP contribution in [0.5, 0.6) is 0 Å². The Balaban J connectivity index is 1.56. The smallest absolute Gasteiger partial charge is 0.0932 e. The molecule has 1 aromatic heterocycles. The van der Waals surface area contributed by atoms with E-state index in [1.54, 1.807) is 6.20 Å². The lowest BCUT2D eigenvalue weighted by Gasteiger charge is -2.29. The summed E-state index contributed by atoms with van der Waals surface area (Å²) < 4.78 is 0. The van der Waals surface area contributed by atoms with Crippen LogP contribution in [0.1, 0.15) is 35.4 Å². The van der Waals surface area contributed by atoms with Crippen molar-refractivity contribution < 1.29 is 0 Å². The summed E-state index contributed by atoms with van der Waals surface area (Å²) in [5.41, 5.74) is 6.50. The molecule has 0 radical (unpaired) electrons. The van der Waals surface area contributed by atoms with Crippen molar-refractivity contribution in [1.82, 2.24) is 10.2 Å². The molecule has 4 aromatic carbocycles. The monoisotopic (exact) mass is 386 g/mol. The van der Waals surface area contributed by atoms with Crippen molar-refractivity contribution in [3.63, 3.8) is 0 Å². The van der Waals surface area contributed by atoms with Gasteiger partial charge in [0.2, 0.25) is 0 Å². The van der Waals surface area contributed by atoms with Gasteiger partial charge in [0.15, 0.2) is 0 Å². The van der Waals surface area contributed by atoms with Crippen LogP contribution >= 0.6 is 0 Å². The van der Waals surface area contributed by atoms with E-state index in [1.165, 1.54) is 56.6 Å². The van der Waals surface area contributed by atoms with Gasteiger partial charge < -0.3 is 0 Å². The van der Waals surface area contributed by atoms with Gasteiger partial charge in [-0.2, -0.15) is 10.2 Å². The van der Waals surface area contributed by atoms with Crippen LogP contribution in [0.2, 0.25) is 0 Å². The summed E-state index contributed by atoms with van der Waals surface area (Å²) in [7, 11) is 0. The number of fused-ring (bicyclic) bond motifs is 5. The third-order valence-electron chi connectivity index (χ3n) is 6.55. The van der Waals surface area contributed by atoms with Crippen LogP contribution in [0.4, 0.5) is 0 Å². The Hall–Kier alpha value is -3.52. The molecule has 144 valence electrons. The van der Waals surface area contributed by atoms with Crippen LogP contribution < -0.4 is 0 Å². The molecule has 1 unspecified atom stereocenters. The second kappa shape index (κ2) is 7.07. The maximum absolute atomic E-state index is 4.39. The Labute approximate surface area is 176 Å². The van der Waals surface area contributed by atoms with Crippen molar-refractivity contribution in [2.75, 3.05) is 0 Å². The third-order valence-corrected chi connectivity index (χ3v) is 6.55. The molecule has 2 nitrogen and oxygen atoms in total. The minimum Gasteiger partial charge on any atom is -0.159 e. The Kier molecular flexibility index (Phi) is 4.09. The number of hydrogen-bond donors (Lipinski definition) is 0. The molecule has 0 fully saturated rings. The fraction of sp³-hybridized carbons (Fsp3) is 0.143. The standard InChI is InChI=1S/C28H22N2/c1-2-8-20-19(7-1)14-15-25-22-12-5-11-21(26(22)17-16-24(20)25)23-9-3-4-10-27(23)28-13-6-18-29-30-28/h1-4,6-10,13-18,21H,5,11-12H2. The van der Waals surface area contributed by atoms with E-state index in [4.69, 9.17) is 0 Å². The van der Waals surface area contributed by atoms with Gasteiger partial charge in [-0.05, 0) is 69.6 Å². The van der Waals surface area contributed by atoms with Crippen molar-refractivity contribution in [3.05, 3.63) is 108 Å². The van der Waals surface area contributed by atoms with Crippen molar-refractivity contribution in [3.8, 4) is 11.3 Å². The van der Waals surface area contributed by atoms with Crippen LogP contribution in [0.15, 0.2) is 91.1 Å². The number of aryl methyl sites for hydroxylation is 1. The number of nitrogens with zero attached hydrogens (tertiary/aromatic N) is 2. The highest BCUT2D eigenvalue weighted by atomic mass is 15.1. The van der Waals surface area contributed by atoms with Gasteiger partial charge in [0.05, 0.1) is 5.69 Å². The number of aromatic nitrogens is 2. The molecular weight excluding hydrogens is 364 g/mol. The first-order chi connectivity index (χ1) is 14.9.